The summed E-state index contributed by atoms with van der Waals surface area (Å²) in [5.74, 6) is 7.98. The van der Waals surface area contributed by atoms with Crippen LogP contribution in [0.4, 0.5) is 0 Å². The molecule has 0 N–H and O–H groups in total. The van der Waals surface area contributed by atoms with E-state index in [1.165, 1.54) is 32.0 Å². The predicted octanol–water partition coefficient (Wildman–Crippen LogP) is 7.20. The fourth-order valence-corrected chi connectivity index (χ4v) is 7.94. The SMILES string of the molecule is C/C=C/CB([C@@H]1CC2C(CC1C)C2(C)C)[C@@H]1CC2C(CC1C)C2(C)C. The molecule has 0 spiro atoms. The van der Waals surface area contributed by atoms with Crippen molar-refractivity contribution in [2.45, 2.75) is 92.1 Å². The summed E-state index contributed by atoms with van der Waals surface area (Å²) < 4.78 is 0. The zero-order chi connectivity index (χ0) is 18.1. The van der Waals surface area contributed by atoms with Gasteiger partial charge < -0.3 is 0 Å². The van der Waals surface area contributed by atoms with Crippen molar-refractivity contribution < 1.29 is 0 Å². The van der Waals surface area contributed by atoms with Gasteiger partial charge in [0.1, 0.15) is 0 Å². The smallest absolute Gasteiger partial charge is 0.0960 e. The molecule has 1 heteroatoms. The molecule has 4 aliphatic rings. The predicted molar refractivity (Wildman–Crippen MR) is 111 cm³/mol. The van der Waals surface area contributed by atoms with Crippen LogP contribution in [0.15, 0.2) is 12.2 Å². The summed E-state index contributed by atoms with van der Waals surface area (Å²) in [5, 5.41) is 0. The third kappa shape index (κ3) is 2.78. The van der Waals surface area contributed by atoms with Crippen molar-refractivity contribution in [1.29, 1.82) is 0 Å². The molecule has 0 aliphatic heterocycles. The molecule has 4 rings (SSSR count). The Morgan fingerprint density at radius 2 is 1.16 bits per heavy atom. The summed E-state index contributed by atoms with van der Waals surface area (Å²) in [7, 11) is 0. The van der Waals surface area contributed by atoms with Gasteiger partial charge in [-0.2, -0.15) is 0 Å². The van der Waals surface area contributed by atoms with Gasteiger partial charge in [0.25, 0.3) is 0 Å². The average molecular weight is 340 g/mol. The van der Waals surface area contributed by atoms with Gasteiger partial charge in [-0.3, -0.25) is 0 Å². The van der Waals surface area contributed by atoms with Gasteiger partial charge in [-0.25, -0.2) is 0 Å². The lowest BCUT2D eigenvalue weighted by Crippen LogP contribution is -2.37. The van der Waals surface area contributed by atoms with Gasteiger partial charge in [0, 0.05) is 0 Å². The molecule has 0 radical (unpaired) electrons. The summed E-state index contributed by atoms with van der Waals surface area (Å²) in [6, 6.07) is 0. The van der Waals surface area contributed by atoms with E-state index < -0.39 is 0 Å². The first-order chi connectivity index (χ1) is 11.7. The van der Waals surface area contributed by atoms with Crippen LogP contribution in [-0.4, -0.2) is 6.71 Å². The standard InChI is InChI=1S/C24H41B/c1-8-9-10-25(21-13-19-17(11-15(21)2)23(19,4)5)22-14-20-18(12-16(22)3)24(20,6)7/h8-9,15-22H,10-14H2,1-7H3/b9-8+/t15?,16?,17?,18?,19?,20?,21-,22-/m1/s1. The minimum Gasteiger partial charge on any atom is -0.0960 e. The van der Waals surface area contributed by atoms with E-state index in [0.717, 1.165) is 53.9 Å². The second-order valence-corrected chi connectivity index (χ2v) is 11.8. The van der Waals surface area contributed by atoms with E-state index in [9.17, 15) is 0 Å². The Kier molecular flexibility index (Phi) is 4.29. The van der Waals surface area contributed by atoms with E-state index >= 15 is 0 Å². The lowest BCUT2D eigenvalue weighted by Gasteiger charge is -2.41. The Hall–Kier alpha value is -0.195. The van der Waals surface area contributed by atoms with Crippen LogP contribution in [0.5, 0.6) is 0 Å². The lowest BCUT2D eigenvalue weighted by atomic mass is 9.26. The summed E-state index contributed by atoms with van der Waals surface area (Å²) in [6.45, 7) is 18.5. The number of fused-ring (bicyclic) bond motifs is 2. The van der Waals surface area contributed by atoms with Crippen LogP contribution in [0.1, 0.15) is 74.1 Å². The molecule has 25 heavy (non-hydrogen) atoms. The van der Waals surface area contributed by atoms with Crippen molar-refractivity contribution in [2.24, 2.45) is 46.3 Å². The van der Waals surface area contributed by atoms with E-state index in [-0.39, 0.29) is 0 Å². The first-order valence-electron chi connectivity index (χ1n) is 11.3. The maximum atomic E-state index is 2.59. The Morgan fingerprint density at radius 1 is 0.760 bits per heavy atom. The highest BCUT2D eigenvalue weighted by Crippen LogP contribution is 2.71. The van der Waals surface area contributed by atoms with Crippen LogP contribution in [0.25, 0.3) is 0 Å². The Balaban J connectivity index is 1.54. The van der Waals surface area contributed by atoms with Gasteiger partial charge in [-0.05, 0) is 66.1 Å². The molecule has 0 amide bonds. The van der Waals surface area contributed by atoms with Crippen LogP contribution < -0.4 is 0 Å². The molecular formula is C24H41B. The molecule has 4 fully saturated rings. The maximum absolute atomic E-state index is 2.59. The summed E-state index contributed by atoms with van der Waals surface area (Å²) in [4.78, 5) is 0. The van der Waals surface area contributed by atoms with Gasteiger partial charge >= 0.3 is 0 Å². The van der Waals surface area contributed by atoms with E-state index in [1.807, 2.05) is 0 Å². The Bertz CT molecular complexity index is 502. The normalized spacial score (nSPS) is 49.4. The van der Waals surface area contributed by atoms with E-state index in [2.05, 4.69) is 60.6 Å². The third-order valence-electron chi connectivity index (χ3n) is 10.1. The van der Waals surface area contributed by atoms with Gasteiger partial charge in [0.15, 0.2) is 6.71 Å². The van der Waals surface area contributed by atoms with Gasteiger partial charge in [-0.15, -0.1) is 0 Å². The lowest BCUT2D eigenvalue weighted by molar-refractivity contribution is 0.331. The third-order valence-corrected chi connectivity index (χ3v) is 10.1. The number of hydrogen-bond donors (Lipinski definition) is 0. The fourth-order valence-electron chi connectivity index (χ4n) is 7.94. The minimum absolute atomic E-state index is 0.649. The van der Waals surface area contributed by atoms with E-state index in [1.54, 1.807) is 0 Å². The molecule has 4 aliphatic carbocycles. The van der Waals surface area contributed by atoms with Crippen LogP contribution in [-0.2, 0) is 0 Å². The fraction of sp³-hybridized carbons (Fsp3) is 0.917. The summed E-state index contributed by atoms with van der Waals surface area (Å²) in [6.07, 6.45) is 12.2. The molecule has 6 unspecified atom stereocenters. The highest BCUT2D eigenvalue weighted by atomic mass is 14.7. The highest BCUT2D eigenvalue weighted by molar-refractivity contribution is 6.62. The molecule has 0 aromatic heterocycles. The molecule has 0 aromatic rings. The van der Waals surface area contributed by atoms with Crippen molar-refractivity contribution in [3.05, 3.63) is 12.2 Å². The van der Waals surface area contributed by atoms with Crippen LogP contribution in [0, 0.1) is 46.3 Å². The molecule has 0 heterocycles. The second-order valence-electron chi connectivity index (χ2n) is 11.8. The van der Waals surface area contributed by atoms with Crippen molar-refractivity contribution in [3.8, 4) is 0 Å². The average Bonchev–Trinajstić information content (AvgIpc) is 3.29. The van der Waals surface area contributed by atoms with Crippen molar-refractivity contribution in [2.75, 3.05) is 0 Å². The van der Waals surface area contributed by atoms with Gasteiger partial charge in [-0.1, -0.05) is 84.5 Å². The van der Waals surface area contributed by atoms with Crippen molar-refractivity contribution in [1.82, 2.24) is 0 Å². The highest BCUT2D eigenvalue weighted by Gasteiger charge is 2.64. The molecule has 0 saturated heterocycles. The van der Waals surface area contributed by atoms with E-state index in [0.29, 0.717) is 10.8 Å². The molecule has 140 valence electrons. The first-order valence-corrected chi connectivity index (χ1v) is 11.3. The van der Waals surface area contributed by atoms with Crippen molar-refractivity contribution in [3.63, 3.8) is 0 Å². The Labute approximate surface area is 157 Å². The van der Waals surface area contributed by atoms with Crippen LogP contribution in [0.2, 0.25) is 18.0 Å². The van der Waals surface area contributed by atoms with Crippen LogP contribution >= 0.6 is 0 Å². The topological polar surface area (TPSA) is 0 Å². The monoisotopic (exact) mass is 340 g/mol. The zero-order valence-electron chi connectivity index (χ0n) is 17.9. The molecule has 8 atom stereocenters. The maximum Gasteiger partial charge on any atom is 0.150 e. The van der Waals surface area contributed by atoms with Gasteiger partial charge in [0.05, 0.1) is 0 Å². The summed E-state index contributed by atoms with van der Waals surface area (Å²) >= 11 is 0. The molecule has 0 aromatic carbocycles. The molecule has 0 bridgehead atoms. The quantitative estimate of drug-likeness (QED) is 0.375. The number of allylic oxidation sites excluding steroid dienone is 2. The molecule has 0 nitrogen and oxygen atoms in total. The number of rotatable bonds is 4. The summed E-state index contributed by atoms with van der Waals surface area (Å²) in [5.41, 5.74) is 1.30. The van der Waals surface area contributed by atoms with Gasteiger partial charge in [0.2, 0.25) is 0 Å². The largest absolute Gasteiger partial charge is 0.150 e. The molecule has 4 saturated carbocycles. The van der Waals surface area contributed by atoms with Crippen molar-refractivity contribution >= 4 is 6.71 Å². The second kappa shape index (κ2) is 5.90. The first kappa shape index (κ1) is 18.2. The zero-order valence-corrected chi connectivity index (χ0v) is 17.9. The Morgan fingerprint density at radius 3 is 1.56 bits per heavy atom. The molecular weight excluding hydrogens is 299 g/mol. The van der Waals surface area contributed by atoms with Crippen LogP contribution in [0.3, 0.4) is 0 Å². The minimum atomic E-state index is 0.649. The van der Waals surface area contributed by atoms with E-state index in [4.69, 9.17) is 0 Å². The number of hydrogen-bond acceptors (Lipinski definition) is 0.